The van der Waals surface area contributed by atoms with Crippen LogP contribution < -0.4 is 10.6 Å². The van der Waals surface area contributed by atoms with Gasteiger partial charge in [-0.25, -0.2) is 4.79 Å². The quantitative estimate of drug-likeness (QED) is 0.310. The van der Waals surface area contributed by atoms with E-state index in [4.69, 9.17) is 5.11 Å². The summed E-state index contributed by atoms with van der Waals surface area (Å²) in [5.41, 5.74) is 2.24. The Morgan fingerprint density at radius 1 is 0.973 bits per heavy atom. The molecule has 0 atom stereocenters. The number of amides is 3. The molecule has 0 bridgehead atoms. The van der Waals surface area contributed by atoms with Gasteiger partial charge in [-0.2, -0.15) is 0 Å². The fourth-order valence-corrected chi connectivity index (χ4v) is 4.91. The summed E-state index contributed by atoms with van der Waals surface area (Å²) in [6, 6.07) is 13.4. The van der Waals surface area contributed by atoms with E-state index in [2.05, 4.69) is 31.4 Å². The standard InChI is InChI=1S/C29H39N3O5/c1-4-29(2,3)22-9-13-24(14-10-22)32(28(37)31-23-11-15-25(33)16-12-23)19-20-5-7-21(8-6-20)27(36)30-18-17-26(34)35/h5-8,11-12,15-16,22,24,33H,4,9-10,13-14,17-19H2,1-3H3,(H,30,36)(H,31,37)(H,34,35). The maximum absolute atomic E-state index is 13.4. The topological polar surface area (TPSA) is 119 Å². The number of carboxylic acids is 1. The molecule has 3 rings (SSSR count). The number of phenolic OH excluding ortho intramolecular Hbond substituents is 1. The van der Waals surface area contributed by atoms with Gasteiger partial charge in [0, 0.05) is 30.4 Å². The lowest BCUT2D eigenvalue weighted by molar-refractivity contribution is -0.136. The second-order valence-corrected chi connectivity index (χ2v) is 10.5. The molecule has 1 fully saturated rings. The molecule has 3 amide bonds. The molecule has 1 saturated carbocycles. The Hall–Kier alpha value is -3.55. The van der Waals surface area contributed by atoms with Crippen LogP contribution in [-0.4, -0.2) is 45.6 Å². The largest absolute Gasteiger partial charge is 0.508 e. The third kappa shape index (κ3) is 7.97. The van der Waals surface area contributed by atoms with E-state index >= 15 is 0 Å². The van der Waals surface area contributed by atoms with Gasteiger partial charge in [0.1, 0.15) is 5.75 Å². The van der Waals surface area contributed by atoms with Crippen molar-refractivity contribution in [3.63, 3.8) is 0 Å². The zero-order chi connectivity index (χ0) is 27.0. The van der Waals surface area contributed by atoms with Gasteiger partial charge in [-0.05, 0) is 79.0 Å². The molecule has 0 radical (unpaired) electrons. The van der Waals surface area contributed by atoms with Gasteiger partial charge < -0.3 is 25.7 Å². The van der Waals surface area contributed by atoms with Gasteiger partial charge in [0.25, 0.3) is 5.91 Å². The van der Waals surface area contributed by atoms with E-state index in [1.54, 1.807) is 24.3 Å². The smallest absolute Gasteiger partial charge is 0.322 e. The summed E-state index contributed by atoms with van der Waals surface area (Å²) >= 11 is 0. The molecule has 0 aliphatic heterocycles. The minimum atomic E-state index is -0.964. The minimum Gasteiger partial charge on any atom is -0.508 e. The highest BCUT2D eigenvalue weighted by Crippen LogP contribution is 2.41. The van der Waals surface area contributed by atoms with Crippen molar-refractivity contribution in [3.8, 4) is 5.75 Å². The first kappa shape index (κ1) is 28.0. The summed E-state index contributed by atoms with van der Waals surface area (Å²) in [5.74, 6) is -0.520. The zero-order valence-electron chi connectivity index (χ0n) is 22.0. The van der Waals surface area contributed by atoms with Gasteiger partial charge in [0.15, 0.2) is 0 Å². The van der Waals surface area contributed by atoms with Crippen LogP contribution in [0.2, 0.25) is 0 Å². The molecule has 0 aromatic heterocycles. The van der Waals surface area contributed by atoms with E-state index in [1.165, 1.54) is 12.1 Å². The molecular formula is C29H39N3O5. The molecule has 0 heterocycles. The normalized spacial score (nSPS) is 17.6. The highest BCUT2D eigenvalue weighted by Gasteiger charge is 2.35. The number of hydrogen-bond donors (Lipinski definition) is 4. The summed E-state index contributed by atoms with van der Waals surface area (Å²) in [6.07, 6.45) is 5.01. The molecule has 37 heavy (non-hydrogen) atoms. The molecule has 0 unspecified atom stereocenters. The number of benzene rings is 2. The molecule has 2 aromatic carbocycles. The third-order valence-electron chi connectivity index (χ3n) is 7.73. The van der Waals surface area contributed by atoms with Gasteiger partial charge >= 0.3 is 12.0 Å². The fraction of sp³-hybridized carbons (Fsp3) is 0.483. The molecule has 1 aliphatic carbocycles. The minimum absolute atomic E-state index is 0.0681. The fourth-order valence-electron chi connectivity index (χ4n) is 4.91. The Morgan fingerprint density at radius 2 is 1.59 bits per heavy atom. The van der Waals surface area contributed by atoms with E-state index in [0.717, 1.165) is 37.7 Å². The van der Waals surface area contributed by atoms with Crippen molar-refractivity contribution < 1.29 is 24.6 Å². The van der Waals surface area contributed by atoms with Crippen LogP contribution in [0, 0.1) is 11.3 Å². The molecule has 8 nitrogen and oxygen atoms in total. The van der Waals surface area contributed by atoms with Gasteiger partial charge in [0.2, 0.25) is 0 Å². The number of hydrogen-bond acceptors (Lipinski definition) is 4. The molecule has 8 heteroatoms. The maximum Gasteiger partial charge on any atom is 0.322 e. The van der Waals surface area contributed by atoms with Gasteiger partial charge in [0.05, 0.1) is 6.42 Å². The number of carbonyl (C=O) groups excluding carboxylic acids is 2. The number of aromatic hydroxyl groups is 1. The number of aliphatic carboxylic acids is 1. The highest BCUT2D eigenvalue weighted by atomic mass is 16.4. The number of urea groups is 1. The number of nitrogens with zero attached hydrogens (tertiary/aromatic N) is 1. The summed E-state index contributed by atoms with van der Waals surface area (Å²) in [5, 5.41) is 23.9. The van der Waals surface area contributed by atoms with Crippen LogP contribution >= 0.6 is 0 Å². The predicted octanol–water partition coefficient (Wildman–Crippen LogP) is 5.63. The average molecular weight is 510 g/mol. The molecule has 200 valence electrons. The zero-order valence-corrected chi connectivity index (χ0v) is 22.0. The summed E-state index contributed by atoms with van der Waals surface area (Å²) in [4.78, 5) is 38.2. The van der Waals surface area contributed by atoms with Crippen LogP contribution in [0.3, 0.4) is 0 Å². The Labute approximate surface area is 219 Å². The lowest BCUT2D eigenvalue weighted by Crippen LogP contribution is -2.45. The monoisotopic (exact) mass is 509 g/mol. The van der Waals surface area contributed by atoms with Crippen molar-refractivity contribution in [3.05, 3.63) is 59.7 Å². The Balaban J connectivity index is 1.71. The van der Waals surface area contributed by atoms with Crippen molar-refractivity contribution in [1.82, 2.24) is 10.2 Å². The van der Waals surface area contributed by atoms with Crippen molar-refractivity contribution >= 4 is 23.6 Å². The van der Waals surface area contributed by atoms with Crippen molar-refractivity contribution in [2.45, 2.75) is 71.9 Å². The van der Waals surface area contributed by atoms with Crippen molar-refractivity contribution in [2.75, 3.05) is 11.9 Å². The Morgan fingerprint density at radius 3 is 2.16 bits per heavy atom. The Bertz CT molecular complexity index is 1060. The first-order chi connectivity index (χ1) is 17.6. The third-order valence-corrected chi connectivity index (χ3v) is 7.73. The van der Waals surface area contributed by atoms with Crippen LogP contribution in [0.25, 0.3) is 0 Å². The lowest BCUT2D eigenvalue weighted by atomic mass is 9.68. The van der Waals surface area contributed by atoms with Crippen LogP contribution in [-0.2, 0) is 11.3 Å². The number of carbonyl (C=O) groups is 3. The SMILES string of the molecule is CCC(C)(C)C1CCC(N(Cc2ccc(C(=O)NCCC(=O)O)cc2)C(=O)Nc2ccc(O)cc2)CC1. The van der Waals surface area contributed by atoms with E-state index in [0.29, 0.717) is 23.7 Å². The van der Waals surface area contributed by atoms with Crippen LogP contribution in [0.4, 0.5) is 10.5 Å². The molecule has 2 aromatic rings. The highest BCUT2D eigenvalue weighted by molar-refractivity contribution is 5.94. The van der Waals surface area contributed by atoms with Gasteiger partial charge in [-0.15, -0.1) is 0 Å². The van der Waals surface area contributed by atoms with Crippen molar-refractivity contribution in [1.29, 1.82) is 0 Å². The Kier molecular flexibility index (Phi) is 9.55. The second-order valence-electron chi connectivity index (χ2n) is 10.5. The number of carboxylic acid groups (broad SMARTS) is 1. The number of rotatable bonds is 10. The second kappa shape index (κ2) is 12.6. The lowest BCUT2D eigenvalue weighted by Gasteiger charge is -2.42. The first-order valence-corrected chi connectivity index (χ1v) is 13.0. The summed E-state index contributed by atoms with van der Waals surface area (Å²) < 4.78 is 0. The molecule has 0 spiro atoms. The van der Waals surface area contributed by atoms with Crippen LogP contribution in [0.5, 0.6) is 5.75 Å². The van der Waals surface area contributed by atoms with E-state index in [9.17, 15) is 19.5 Å². The van der Waals surface area contributed by atoms with Crippen LogP contribution in [0.1, 0.15) is 75.2 Å². The average Bonchev–Trinajstić information content (AvgIpc) is 2.88. The van der Waals surface area contributed by atoms with Gasteiger partial charge in [-0.3, -0.25) is 9.59 Å². The van der Waals surface area contributed by atoms with Crippen molar-refractivity contribution in [2.24, 2.45) is 11.3 Å². The van der Waals surface area contributed by atoms with E-state index in [1.807, 2.05) is 17.0 Å². The van der Waals surface area contributed by atoms with Crippen LogP contribution in [0.15, 0.2) is 48.5 Å². The van der Waals surface area contributed by atoms with E-state index < -0.39 is 5.97 Å². The molecular weight excluding hydrogens is 470 g/mol. The number of nitrogens with one attached hydrogen (secondary N) is 2. The number of phenols is 1. The first-order valence-electron chi connectivity index (χ1n) is 13.0. The molecule has 0 saturated heterocycles. The summed E-state index contributed by atoms with van der Waals surface area (Å²) in [7, 11) is 0. The predicted molar refractivity (Wildman–Crippen MR) is 144 cm³/mol. The number of anilines is 1. The summed E-state index contributed by atoms with van der Waals surface area (Å²) in [6.45, 7) is 7.36. The van der Waals surface area contributed by atoms with E-state index in [-0.39, 0.29) is 42.1 Å². The van der Waals surface area contributed by atoms with Gasteiger partial charge in [-0.1, -0.05) is 39.3 Å². The maximum atomic E-state index is 13.4. The molecule has 4 N–H and O–H groups in total. The molecule has 1 aliphatic rings.